The number of anilines is 2. The van der Waals surface area contributed by atoms with E-state index in [1.54, 1.807) is 0 Å². The molecule has 0 amide bonds. The molecule has 0 aromatic carbocycles. The van der Waals surface area contributed by atoms with E-state index in [0.29, 0.717) is 18.3 Å². The molecule has 118 valence electrons. The van der Waals surface area contributed by atoms with Gasteiger partial charge in [0.2, 0.25) is 0 Å². The van der Waals surface area contributed by atoms with Gasteiger partial charge in [-0.25, -0.2) is 9.97 Å². The van der Waals surface area contributed by atoms with Crippen molar-refractivity contribution in [2.75, 3.05) is 17.6 Å². The number of rotatable bonds is 5. The summed E-state index contributed by atoms with van der Waals surface area (Å²) in [6, 6.07) is 0. The largest absolute Gasteiger partial charge is 0.388 e. The molecule has 2 rings (SSSR count). The molecular formula is C16H28N4O. The van der Waals surface area contributed by atoms with Gasteiger partial charge in [0.1, 0.15) is 17.5 Å². The first-order valence-electron chi connectivity index (χ1n) is 8.03. The average Bonchev–Trinajstić information content (AvgIpc) is 2.41. The fourth-order valence-electron chi connectivity index (χ4n) is 3.13. The lowest BCUT2D eigenvalue weighted by Gasteiger charge is -2.35. The van der Waals surface area contributed by atoms with Crippen LogP contribution >= 0.6 is 0 Å². The Labute approximate surface area is 127 Å². The van der Waals surface area contributed by atoms with E-state index in [9.17, 15) is 5.11 Å². The lowest BCUT2D eigenvalue weighted by atomic mass is 9.79. The number of nitrogens with two attached hydrogens (primary N) is 1. The maximum atomic E-state index is 10.7. The fourth-order valence-corrected chi connectivity index (χ4v) is 3.13. The third-order valence-corrected chi connectivity index (χ3v) is 4.36. The number of nitrogens with zero attached hydrogens (tertiary/aromatic N) is 2. The van der Waals surface area contributed by atoms with Gasteiger partial charge in [0, 0.05) is 18.5 Å². The predicted molar refractivity (Wildman–Crippen MR) is 86.2 cm³/mol. The van der Waals surface area contributed by atoms with Crippen molar-refractivity contribution >= 4 is 11.6 Å². The Morgan fingerprint density at radius 3 is 2.86 bits per heavy atom. The maximum absolute atomic E-state index is 10.7. The molecule has 1 heterocycles. The van der Waals surface area contributed by atoms with Crippen molar-refractivity contribution in [2.45, 2.75) is 64.9 Å². The molecule has 4 N–H and O–H groups in total. The topological polar surface area (TPSA) is 84.1 Å². The Kier molecular flexibility index (Phi) is 5.04. The van der Waals surface area contributed by atoms with Gasteiger partial charge in [0.15, 0.2) is 0 Å². The highest BCUT2D eigenvalue weighted by Gasteiger charge is 2.32. The summed E-state index contributed by atoms with van der Waals surface area (Å²) < 4.78 is 0. The first kappa shape index (κ1) is 16.0. The van der Waals surface area contributed by atoms with Crippen LogP contribution < -0.4 is 11.1 Å². The number of hydrogen-bond acceptors (Lipinski definition) is 5. The Morgan fingerprint density at radius 2 is 2.19 bits per heavy atom. The highest BCUT2D eigenvalue weighted by molar-refractivity contribution is 5.54. The standard InChI is InChI=1S/C16H28N4O/c1-4-6-13-19-14(17)12(3)15(20-13)18-10-16(21)8-5-7-11(2)9-16/h11,21H,4-10H2,1-3H3,(H3,17,18,19,20). The van der Waals surface area contributed by atoms with Crippen LogP contribution in [0.5, 0.6) is 0 Å². The quantitative estimate of drug-likeness (QED) is 0.777. The van der Waals surface area contributed by atoms with E-state index in [4.69, 9.17) is 5.73 Å². The molecular weight excluding hydrogens is 264 g/mol. The zero-order valence-electron chi connectivity index (χ0n) is 13.4. The summed E-state index contributed by atoms with van der Waals surface area (Å²) in [4.78, 5) is 8.86. The highest BCUT2D eigenvalue weighted by atomic mass is 16.3. The molecule has 1 saturated carbocycles. The van der Waals surface area contributed by atoms with E-state index in [1.165, 1.54) is 6.42 Å². The molecule has 1 aromatic rings. The minimum atomic E-state index is -0.630. The van der Waals surface area contributed by atoms with Crippen LogP contribution in [0.1, 0.15) is 57.3 Å². The molecule has 0 saturated heterocycles. The molecule has 1 fully saturated rings. The van der Waals surface area contributed by atoms with Crippen LogP contribution in [0, 0.1) is 12.8 Å². The van der Waals surface area contributed by atoms with E-state index in [-0.39, 0.29) is 0 Å². The summed E-state index contributed by atoms with van der Waals surface area (Å²) in [5.41, 5.74) is 6.19. The molecule has 1 aromatic heterocycles. The Balaban J connectivity index is 2.08. The van der Waals surface area contributed by atoms with Crippen molar-refractivity contribution in [1.29, 1.82) is 0 Å². The SMILES string of the molecule is CCCc1nc(N)c(C)c(NCC2(O)CCCC(C)C2)n1. The first-order valence-corrected chi connectivity index (χ1v) is 8.03. The maximum Gasteiger partial charge on any atom is 0.134 e. The minimum Gasteiger partial charge on any atom is -0.388 e. The summed E-state index contributed by atoms with van der Waals surface area (Å²) in [6.07, 6.45) is 5.81. The van der Waals surface area contributed by atoms with Crippen molar-refractivity contribution in [1.82, 2.24) is 9.97 Å². The molecule has 0 radical (unpaired) electrons. The van der Waals surface area contributed by atoms with Gasteiger partial charge in [0.05, 0.1) is 5.60 Å². The lowest BCUT2D eigenvalue weighted by Crippen LogP contribution is -2.41. The molecule has 2 atom stereocenters. The summed E-state index contributed by atoms with van der Waals surface area (Å²) in [5, 5.41) is 14.0. The lowest BCUT2D eigenvalue weighted by molar-refractivity contribution is -0.000839. The second-order valence-corrected chi connectivity index (χ2v) is 6.53. The summed E-state index contributed by atoms with van der Waals surface area (Å²) in [7, 11) is 0. The van der Waals surface area contributed by atoms with E-state index in [2.05, 4.69) is 29.1 Å². The van der Waals surface area contributed by atoms with Crippen LogP contribution in [0.25, 0.3) is 0 Å². The summed E-state index contributed by atoms with van der Waals surface area (Å²) in [5.74, 6) is 2.64. The van der Waals surface area contributed by atoms with Gasteiger partial charge in [0.25, 0.3) is 0 Å². The zero-order chi connectivity index (χ0) is 15.5. The number of aryl methyl sites for hydroxylation is 1. The number of hydrogen-bond donors (Lipinski definition) is 3. The van der Waals surface area contributed by atoms with Crippen LogP contribution in [-0.4, -0.2) is 27.2 Å². The monoisotopic (exact) mass is 292 g/mol. The van der Waals surface area contributed by atoms with Gasteiger partial charge >= 0.3 is 0 Å². The van der Waals surface area contributed by atoms with Crippen molar-refractivity contribution in [3.05, 3.63) is 11.4 Å². The molecule has 21 heavy (non-hydrogen) atoms. The van der Waals surface area contributed by atoms with Crippen molar-refractivity contribution in [3.63, 3.8) is 0 Å². The zero-order valence-corrected chi connectivity index (χ0v) is 13.4. The third-order valence-electron chi connectivity index (χ3n) is 4.36. The third kappa shape index (κ3) is 4.06. The van der Waals surface area contributed by atoms with Gasteiger partial charge in [-0.2, -0.15) is 0 Å². The van der Waals surface area contributed by atoms with E-state index in [0.717, 1.165) is 49.3 Å². The van der Waals surface area contributed by atoms with E-state index < -0.39 is 5.60 Å². The second kappa shape index (κ2) is 6.60. The first-order chi connectivity index (χ1) is 9.93. The molecule has 0 spiro atoms. The smallest absolute Gasteiger partial charge is 0.134 e. The summed E-state index contributed by atoms with van der Waals surface area (Å²) >= 11 is 0. The number of aliphatic hydroxyl groups is 1. The van der Waals surface area contributed by atoms with Gasteiger partial charge in [-0.05, 0) is 32.1 Å². The van der Waals surface area contributed by atoms with Crippen molar-refractivity contribution < 1.29 is 5.11 Å². The molecule has 1 aliphatic carbocycles. The van der Waals surface area contributed by atoms with Gasteiger partial charge in [-0.15, -0.1) is 0 Å². The molecule has 1 aliphatic rings. The van der Waals surface area contributed by atoms with Crippen LogP contribution in [0.3, 0.4) is 0 Å². The molecule has 0 bridgehead atoms. The highest BCUT2D eigenvalue weighted by Crippen LogP contribution is 2.32. The van der Waals surface area contributed by atoms with Crippen LogP contribution in [-0.2, 0) is 6.42 Å². The van der Waals surface area contributed by atoms with Crippen LogP contribution in [0.15, 0.2) is 0 Å². The number of aromatic nitrogens is 2. The Morgan fingerprint density at radius 1 is 1.43 bits per heavy atom. The number of nitrogen functional groups attached to an aromatic ring is 1. The minimum absolute atomic E-state index is 0.528. The van der Waals surface area contributed by atoms with Gasteiger partial charge < -0.3 is 16.2 Å². The molecule has 2 unspecified atom stereocenters. The van der Waals surface area contributed by atoms with Crippen LogP contribution in [0.2, 0.25) is 0 Å². The Hall–Kier alpha value is -1.36. The van der Waals surface area contributed by atoms with Gasteiger partial charge in [-0.1, -0.05) is 26.7 Å². The Bertz CT molecular complexity index is 491. The summed E-state index contributed by atoms with van der Waals surface area (Å²) in [6.45, 7) is 6.75. The predicted octanol–water partition coefficient (Wildman–Crippen LogP) is 2.67. The molecule has 0 aliphatic heterocycles. The van der Waals surface area contributed by atoms with Crippen molar-refractivity contribution in [3.8, 4) is 0 Å². The van der Waals surface area contributed by atoms with Gasteiger partial charge in [-0.3, -0.25) is 0 Å². The number of nitrogens with one attached hydrogen (secondary N) is 1. The normalized spacial score (nSPS) is 25.8. The van der Waals surface area contributed by atoms with E-state index >= 15 is 0 Å². The fraction of sp³-hybridized carbons (Fsp3) is 0.750. The van der Waals surface area contributed by atoms with Crippen molar-refractivity contribution in [2.24, 2.45) is 5.92 Å². The second-order valence-electron chi connectivity index (χ2n) is 6.53. The van der Waals surface area contributed by atoms with Crippen LogP contribution in [0.4, 0.5) is 11.6 Å². The van der Waals surface area contributed by atoms with E-state index in [1.807, 2.05) is 6.92 Å². The molecule has 5 nitrogen and oxygen atoms in total. The molecule has 5 heteroatoms. The average molecular weight is 292 g/mol.